The smallest absolute Gasteiger partial charge is 0.311 e. The highest BCUT2D eigenvalue weighted by atomic mass is 32.2. The predicted molar refractivity (Wildman–Crippen MR) is 107 cm³/mol. The molecule has 158 valence electrons. The number of aliphatic hydroxyl groups is 1. The van der Waals surface area contributed by atoms with Crippen LogP contribution in [-0.4, -0.2) is 69.6 Å². The van der Waals surface area contributed by atoms with Crippen LogP contribution in [0.1, 0.15) is 52.9 Å². The Bertz CT molecular complexity index is 644. The summed E-state index contributed by atoms with van der Waals surface area (Å²) in [6.07, 6.45) is 3.80. The molecule has 3 saturated heterocycles. The predicted octanol–water partition coefficient (Wildman–Crippen LogP) is 1.33. The third-order valence-electron chi connectivity index (χ3n) is 6.45. The topological polar surface area (TPSA) is 95.9 Å². The Balaban J connectivity index is 1.95. The van der Waals surface area contributed by atoms with Gasteiger partial charge < -0.3 is 20.1 Å². The van der Waals surface area contributed by atoms with Gasteiger partial charge in [-0.1, -0.05) is 13.3 Å². The number of unbranched alkanes of at least 4 members (excludes halogenated alkanes) is 1. The van der Waals surface area contributed by atoms with Crippen LogP contribution in [0.15, 0.2) is 0 Å². The number of thioether (sulfide) groups is 1. The highest BCUT2D eigenvalue weighted by molar-refractivity contribution is 8.02. The summed E-state index contributed by atoms with van der Waals surface area (Å²) in [4.78, 5) is 41.0. The van der Waals surface area contributed by atoms with E-state index in [-0.39, 0.29) is 35.7 Å². The minimum Gasteiger partial charge on any atom is -0.466 e. The molecule has 3 aliphatic rings. The van der Waals surface area contributed by atoms with Gasteiger partial charge in [-0.3, -0.25) is 14.4 Å². The summed E-state index contributed by atoms with van der Waals surface area (Å²) in [5.74, 6) is -1.66. The van der Waals surface area contributed by atoms with E-state index in [1.165, 1.54) is 0 Å². The second-order valence-corrected chi connectivity index (χ2v) is 10.1. The number of hydrogen-bond acceptors (Lipinski definition) is 6. The number of rotatable bonds is 9. The van der Waals surface area contributed by atoms with E-state index in [4.69, 9.17) is 4.74 Å². The monoisotopic (exact) mass is 412 g/mol. The number of esters is 1. The lowest BCUT2D eigenvalue weighted by molar-refractivity contribution is -0.155. The number of likely N-dealkylation sites (tertiary alicyclic amines) is 1. The molecule has 0 aliphatic carbocycles. The van der Waals surface area contributed by atoms with Crippen molar-refractivity contribution in [2.45, 2.75) is 68.4 Å². The van der Waals surface area contributed by atoms with Gasteiger partial charge in [-0.2, -0.15) is 0 Å². The van der Waals surface area contributed by atoms with Gasteiger partial charge in [-0.05, 0) is 39.5 Å². The van der Waals surface area contributed by atoms with Gasteiger partial charge in [-0.15, -0.1) is 11.8 Å². The second kappa shape index (κ2) is 8.22. The quantitative estimate of drug-likeness (QED) is 0.438. The summed E-state index contributed by atoms with van der Waals surface area (Å²) in [6, 6.07) is -0.598. The number of carbonyl (C=O) groups excluding carboxylic acids is 3. The summed E-state index contributed by atoms with van der Waals surface area (Å²) in [7, 11) is 0. The van der Waals surface area contributed by atoms with Crippen LogP contribution in [-0.2, 0) is 19.1 Å². The average Bonchev–Trinajstić information content (AvgIpc) is 3.21. The lowest BCUT2D eigenvalue weighted by atomic mass is 9.66. The number of nitrogens with zero attached hydrogens (tertiary/aromatic N) is 1. The molecule has 2 amide bonds. The lowest BCUT2D eigenvalue weighted by Crippen LogP contribution is -2.53. The Labute approximate surface area is 170 Å². The molecule has 0 saturated carbocycles. The Morgan fingerprint density at radius 1 is 1.32 bits per heavy atom. The van der Waals surface area contributed by atoms with Crippen LogP contribution in [0.25, 0.3) is 0 Å². The van der Waals surface area contributed by atoms with Crippen LogP contribution in [0, 0.1) is 11.8 Å². The highest BCUT2D eigenvalue weighted by Crippen LogP contribution is 2.71. The number of carbonyl (C=O) groups is 3. The van der Waals surface area contributed by atoms with Gasteiger partial charge in [-0.25, -0.2) is 0 Å². The van der Waals surface area contributed by atoms with Gasteiger partial charge in [0.1, 0.15) is 6.04 Å². The Morgan fingerprint density at radius 2 is 2.07 bits per heavy atom. The summed E-state index contributed by atoms with van der Waals surface area (Å²) in [6.45, 7) is 7.00. The molecule has 3 fully saturated rings. The van der Waals surface area contributed by atoms with Crippen molar-refractivity contribution >= 4 is 29.5 Å². The van der Waals surface area contributed by atoms with Gasteiger partial charge in [0.2, 0.25) is 11.8 Å². The van der Waals surface area contributed by atoms with Gasteiger partial charge in [0.05, 0.1) is 23.2 Å². The molecule has 0 aromatic carbocycles. The minimum atomic E-state index is -0.598. The van der Waals surface area contributed by atoms with E-state index in [1.807, 2.05) is 6.92 Å². The van der Waals surface area contributed by atoms with Crippen molar-refractivity contribution < 1.29 is 24.2 Å². The molecular formula is C20H32N2O5S. The molecule has 7 nitrogen and oxygen atoms in total. The zero-order valence-electron chi connectivity index (χ0n) is 17.0. The van der Waals surface area contributed by atoms with Crippen LogP contribution in [0.3, 0.4) is 0 Å². The van der Waals surface area contributed by atoms with Crippen molar-refractivity contribution in [3.63, 3.8) is 0 Å². The SMILES string of the molecule is CCCCNC(=O)C1N(CCCO)C(=O)[C@@H]2[C@@H](C(=O)OCC)[C@@]3(C)CCC12S3. The first kappa shape index (κ1) is 21.4. The van der Waals surface area contributed by atoms with Crippen molar-refractivity contribution in [3.05, 3.63) is 0 Å². The fourth-order valence-electron chi connectivity index (χ4n) is 5.28. The van der Waals surface area contributed by atoms with E-state index in [1.54, 1.807) is 23.6 Å². The number of amides is 2. The molecule has 5 atom stereocenters. The van der Waals surface area contributed by atoms with Crippen LogP contribution in [0.5, 0.6) is 0 Å². The maximum absolute atomic E-state index is 13.4. The second-order valence-electron chi connectivity index (χ2n) is 8.23. The normalized spacial score (nSPS) is 35.9. The molecule has 3 heterocycles. The third kappa shape index (κ3) is 3.22. The molecular weight excluding hydrogens is 380 g/mol. The molecule has 3 rings (SSSR count). The first-order valence-corrected chi connectivity index (χ1v) is 11.2. The lowest BCUT2D eigenvalue weighted by Gasteiger charge is -2.34. The van der Waals surface area contributed by atoms with Gasteiger partial charge in [0.25, 0.3) is 0 Å². The number of hydrogen-bond donors (Lipinski definition) is 2. The Hall–Kier alpha value is -1.28. The Kier molecular flexibility index (Phi) is 6.29. The van der Waals surface area contributed by atoms with E-state index in [0.717, 1.165) is 25.7 Å². The largest absolute Gasteiger partial charge is 0.466 e. The van der Waals surface area contributed by atoms with E-state index in [0.29, 0.717) is 19.5 Å². The van der Waals surface area contributed by atoms with Gasteiger partial charge >= 0.3 is 5.97 Å². The molecule has 8 heteroatoms. The highest BCUT2D eigenvalue weighted by Gasteiger charge is 2.77. The van der Waals surface area contributed by atoms with Crippen LogP contribution in [0.2, 0.25) is 0 Å². The van der Waals surface area contributed by atoms with E-state index < -0.39 is 22.6 Å². The first-order chi connectivity index (χ1) is 13.4. The summed E-state index contributed by atoms with van der Waals surface area (Å²) < 4.78 is 4.36. The van der Waals surface area contributed by atoms with E-state index in [2.05, 4.69) is 12.2 Å². The summed E-state index contributed by atoms with van der Waals surface area (Å²) in [5, 5.41) is 12.3. The fraction of sp³-hybridized carbons (Fsp3) is 0.850. The molecule has 2 N–H and O–H groups in total. The molecule has 1 spiro atoms. The molecule has 0 radical (unpaired) electrons. The summed E-state index contributed by atoms with van der Waals surface area (Å²) >= 11 is 1.64. The number of fused-ring (bicyclic) bond motifs is 1. The van der Waals surface area contributed by atoms with Crippen molar-refractivity contribution in [2.75, 3.05) is 26.3 Å². The maximum atomic E-state index is 13.4. The number of nitrogens with one attached hydrogen (secondary N) is 1. The van der Waals surface area contributed by atoms with Crippen molar-refractivity contribution in [2.24, 2.45) is 11.8 Å². The zero-order chi connectivity index (χ0) is 20.5. The summed E-state index contributed by atoms with van der Waals surface area (Å²) in [5.41, 5.74) is 0. The minimum absolute atomic E-state index is 0.0439. The van der Waals surface area contributed by atoms with E-state index >= 15 is 0 Å². The van der Waals surface area contributed by atoms with E-state index in [9.17, 15) is 19.5 Å². The molecule has 2 unspecified atom stereocenters. The maximum Gasteiger partial charge on any atom is 0.311 e. The van der Waals surface area contributed by atoms with Gasteiger partial charge in [0, 0.05) is 24.4 Å². The van der Waals surface area contributed by atoms with Crippen molar-refractivity contribution in [3.8, 4) is 0 Å². The first-order valence-electron chi connectivity index (χ1n) is 10.4. The third-order valence-corrected chi connectivity index (χ3v) is 8.44. The standard InChI is InChI=1S/C20H32N2O5S/c1-4-6-10-21-16(24)15-20-9-8-19(3,28-20)14(18(26)27-5-2)13(20)17(25)22(15)11-7-12-23/h13-15,23H,4-12H2,1-3H3,(H,21,24)/t13-,14-,15?,19+,20?/m0/s1. The Morgan fingerprint density at radius 3 is 2.71 bits per heavy atom. The van der Waals surface area contributed by atoms with Crippen molar-refractivity contribution in [1.29, 1.82) is 0 Å². The zero-order valence-corrected chi connectivity index (χ0v) is 17.8. The molecule has 28 heavy (non-hydrogen) atoms. The molecule has 2 bridgehead atoms. The van der Waals surface area contributed by atoms with Crippen LogP contribution >= 0.6 is 11.8 Å². The van der Waals surface area contributed by atoms with Crippen LogP contribution in [0.4, 0.5) is 0 Å². The fourth-order valence-corrected chi connectivity index (χ4v) is 7.63. The molecule has 0 aromatic rings. The van der Waals surface area contributed by atoms with Crippen molar-refractivity contribution in [1.82, 2.24) is 10.2 Å². The molecule has 3 aliphatic heterocycles. The van der Waals surface area contributed by atoms with Crippen LogP contribution < -0.4 is 5.32 Å². The number of ether oxygens (including phenoxy) is 1. The molecule has 0 aromatic heterocycles. The average molecular weight is 413 g/mol. The van der Waals surface area contributed by atoms with Gasteiger partial charge in [0.15, 0.2) is 0 Å². The number of aliphatic hydroxyl groups excluding tert-OH is 1.